The number of thiophene rings is 1. The highest BCUT2D eigenvalue weighted by Gasteiger charge is 2.17. The number of nitrogens with zero attached hydrogens (tertiary/aromatic N) is 1. The number of aliphatic hydroxyl groups excluding tert-OH is 2. The second kappa shape index (κ2) is 6.00. The zero-order chi connectivity index (χ0) is 14.7. The molecule has 106 valence electrons. The molecule has 0 aliphatic rings. The number of aromatic carboxylic acids is 1. The number of aromatic nitrogens is 1. The van der Waals surface area contributed by atoms with Crippen LogP contribution < -0.4 is 5.56 Å². The molecule has 0 aromatic carbocycles. The first-order valence-electron chi connectivity index (χ1n) is 5.84. The number of carbonyl (C=O) groups is 1. The van der Waals surface area contributed by atoms with Crippen LogP contribution in [0.2, 0.25) is 0 Å². The van der Waals surface area contributed by atoms with Crippen LogP contribution in [0.15, 0.2) is 34.4 Å². The van der Waals surface area contributed by atoms with E-state index in [0.717, 1.165) is 4.88 Å². The average molecular weight is 295 g/mol. The third-order valence-corrected chi connectivity index (χ3v) is 3.67. The summed E-state index contributed by atoms with van der Waals surface area (Å²) in [5.74, 6) is -1.32. The van der Waals surface area contributed by atoms with E-state index in [0.29, 0.717) is 5.69 Å². The maximum Gasteiger partial charge on any atom is 0.341 e. The Balaban J connectivity index is 2.60. The molecule has 2 heterocycles. The van der Waals surface area contributed by atoms with E-state index >= 15 is 0 Å². The van der Waals surface area contributed by atoms with E-state index in [4.69, 9.17) is 10.2 Å². The number of hydrogen-bond acceptors (Lipinski definition) is 5. The van der Waals surface area contributed by atoms with Gasteiger partial charge in [0.2, 0.25) is 0 Å². The van der Waals surface area contributed by atoms with Crippen LogP contribution in [0.5, 0.6) is 0 Å². The third-order valence-electron chi connectivity index (χ3n) is 2.78. The molecule has 3 N–H and O–H groups in total. The summed E-state index contributed by atoms with van der Waals surface area (Å²) < 4.78 is 1.18. The van der Waals surface area contributed by atoms with Crippen molar-refractivity contribution < 1.29 is 20.1 Å². The van der Waals surface area contributed by atoms with Gasteiger partial charge in [0.05, 0.1) is 29.8 Å². The molecule has 0 amide bonds. The van der Waals surface area contributed by atoms with Crippen molar-refractivity contribution in [1.82, 2.24) is 4.57 Å². The van der Waals surface area contributed by atoms with E-state index in [1.807, 2.05) is 11.4 Å². The van der Waals surface area contributed by atoms with E-state index in [2.05, 4.69) is 0 Å². The molecule has 2 rings (SSSR count). The molecule has 7 heteroatoms. The van der Waals surface area contributed by atoms with Crippen LogP contribution in [0.25, 0.3) is 10.6 Å². The van der Waals surface area contributed by atoms with Gasteiger partial charge in [-0.3, -0.25) is 4.79 Å². The van der Waals surface area contributed by atoms with Crippen LogP contribution in [0.1, 0.15) is 10.4 Å². The van der Waals surface area contributed by atoms with Crippen molar-refractivity contribution in [3.05, 3.63) is 45.6 Å². The van der Waals surface area contributed by atoms with Crippen LogP contribution in [-0.4, -0.2) is 38.6 Å². The minimum absolute atomic E-state index is 0.163. The molecule has 2 aromatic rings. The Morgan fingerprint density at radius 1 is 1.35 bits per heavy atom. The van der Waals surface area contributed by atoms with Gasteiger partial charge in [-0.15, -0.1) is 11.3 Å². The smallest absolute Gasteiger partial charge is 0.341 e. The summed E-state index contributed by atoms with van der Waals surface area (Å²) in [7, 11) is 0. The van der Waals surface area contributed by atoms with Gasteiger partial charge in [0.25, 0.3) is 5.56 Å². The third kappa shape index (κ3) is 2.79. The number of aliphatic hydroxyl groups is 2. The van der Waals surface area contributed by atoms with Crippen molar-refractivity contribution in [2.24, 2.45) is 0 Å². The summed E-state index contributed by atoms with van der Waals surface area (Å²) in [6, 6.07) is 6.38. The number of rotatable bonds is 5. The zero-order valence-corrected chi connectivity index (χ0v) is 11.2. The summed E-state index contributed by atoms with van der Waals surface area (Å²) in [5.41, 5.74) is -0.547. The lowest BCUT2D eigenvalue weighted by Gasteiger charge is -2.15. The highest BCUT2D eigenvalue weighted by atomic mass is 32.1. The topological polar surface area (TPSA) is 99.8 Å². The second-order valence-electron chi connectivity index (χ2n) is 4.17. The lowest BCUT2D eigenvalue weighted by Crippen LogP contribution is -2.32. The Hall–Kier alpha value is -1.96. The standard InChI is InChI=1S/C13H13NO5S/c15-7-8(16)6-14-10(11-2-1-5-20-11)4-3-9(12(14)17)13(18)19/h1-5,8,15-16H,6-7H2,(H,18,19). The molecular formula is C13H13NO5S. The van der Waals surface area contributed by atoms with Gasteiger partial charge in [-0.2, -0.15) is 0 Å². The molecule has 0 aliphatic carbocycles. The summed E-state index contributed by atoms with van der Waals surface area (Å²) in [6.07, 6.45) is -1.13. The molecule has 2 aromatic heterocycles. The van der Waals surface area contributed by atoms with Crippen LogP contribution in [-0.2, 0) is 6.54 Å². The van der Waals surface area contributed by atoms with Crippen molar-refractivity contribution in [3.8, 4) is 10.6 Å². The number of carboxylic acid groups (broad SMARTS) is 1. The van der Waals surface area contributed by atoms with Crippen LogP contribution in [0.4, 0.5) is 0 Å². The Labute approximate surface area is 118 Å². The fourth-order valence-corrected chi connectivity index (χ4v) is 2.59. The van der Waals surface area contributed by atoms with Gasteiger partial charge in [-0.25, -0.2) is 4.79 Å². The molecule has 0 aliphatic heterocycles. The van der Waals surface area contributed by atoms with E-state index in [1.165, 1.54) is 28.0 Å². The van der Waals surface area contributed by atoms with Crippen molar-refractivity contribution in [1.29, 1.82) is 0 Å². The van der Waals surface area contributed by atoms with Gasteiger partial charge in [0.1, 0.15) is 5.56 Å². The van der Waals surface area contributed by atoms with Gasteiger partial charge >= 0.3 is 5.97 Å². The van der Waals surface area contributed by atoms with E-state index < -0.39 is 24.2 Å². The molecule has 1 unspecified atom stereocenters. The van der Waals surface area contributed by atoms with Crippen molar-refractivity contribution in [2.75, 3.05) is 6.61 Å². The van der Waals surface area contributed by atoms with Gasteiger partial charge in [-0.05, 0) is 23.6 Å². The molecule has 0 saturated carbocycles. The normalized spacial score (nSPS) is 12.3. The minimum atomic E-state index is -1.32. The molecule has 1 atom stereocenters. The van der Waals surface area contributed by atoms with Crippen molar-refractivity contribution in [2.45, 2.75) is 12.6 Å². The maximum atomic E-state index is 12.2. The lowest BCUT2D eigenvalue weighted by molar-refractivity contribution is 0.0688. The Morgan fingerprint density at radius 3 is 2.65 bits per heavy atom. The van der Waals surface area contributed by atoms with Gasteiger partial charge in [0.15, 0.2) is 0 Å². The first-order valence-corrected chi connectivity index (χ1v) is 6.72. The van der Waals surface area contributed by atoms with Gasteiger partial charge in [-0.1, -0.05) is 6.07 Å². The lowest BCUT2D eigenvalue weighted by atomic mass is 10.2. The SMILES string of the molecule is O=C(O)c1ccc(-c2cccs2)n(CC(O)CO)c1=O. The molecule has 0 fully saturated rings. The predicted octanol–water partition coefficient (Wildman–Crippen LogP) is 0.628. The maximum absolute atomic E-state index is 12.2. The summed E-state index contributed by atoms with van der Waals surface area (Å²) in [5, 5.41) is 29.3. The predicted molar refractivity (Wildman–Crippen MR) is 74.1 cm³/mol. The Morgan fingerprint density at radius 2 is 2.10 bits per heavy atom. The van der Waals surface area contributed by atoms with Gasteiger partial charge < -0.3 is 19.9 Å². The Kier molecular flexibility index (Phi) is 4.33. The van der Waals surface area contributed by atoms with Crippen LogP contribution >= 0.6 is 11.3 Å². The summed E-state index contributed by atoms with van der Waals surface area (Å²) in [4.78, 5) is 24.0. The highest BCUT2D eigenvalue weighted by Crippen LogP contribution is 2.24. The quantitative estimate of drug-likeness (QED) is 0.751. The van der Waals surface area contributed by atoms with Crippen molar-refractivity contribution in [3.63, 3.8) is 0 Å². The summed E-state index contributed by atoms with van der Waals surface area (Å²) in [6.45, 7) is -0.669. The molecule has 20 heavy (non-hydrogen) atoms. The molecule has 0 bridgehead atoms. The number of pyridine rings is 1. The van der Waals surface area contributed by atoms with Crippen molar-refractivity contribution >= 4 is 17.3 Å². The molecule has 0 spiro atoms. The van der Waals surface area contributed by atoms with E-state index in [-0.39, 0.29) is 12.1 Å². The van der Waals surface area contributed by atoms with Crippen LogP contribution in [0, 0.1) is 0 Å². The fourth-order valence-electron chi connectivity index (χ4n) is 1.83. The summed E-state index contributed by atoms with van der Waals surface area (Å²) >= 11 is 1.40. The molecule has 0 radical (unpaired) electrons. The molecular weight excluding hydrogens is 282 g/mol. The largest absolute Gasteiger partial charge is 0.477 e. The van der Waals surface area contributed by atoms with E-state index in [1.54, 1.807) is 6.07 Å². The van der Waals surface area contributed by atoms with Gasteiger partial charge in [0, 0.05) is 0 Å². The first kappa shape index (κ1) is 14.4. The molecule has 0 saturated heterocycles. The Bertz CT molecular complexity index is 662. The molecule has 6 nitrogen and oxygen atoms in total. The highest BCUT2D eigenvalue weighted by molar-refractivity contribution is 7.13. The first-order chi connectivity index (χ1) is 9.54. The average Bonchev–Trinajstić information content (AvgIpc) is 2.94. The number of hydrogen-bond donors (Lipinski definition) is 3. The fraction of sp³-hybridized carbons (Fsp3) is 0.231. The zero-order valence-electron chi connectivity index (χ0n) is 10.4. The minimum Gasteiger partial charge on any atom is -0.477 e. The second-order valence-corrected chi connectivity index (χ2v) is 5.11. The number of carboxylic acids is 1. The van der Waals surface area contributed by atoms with E-state index in [9.17, 15) is 14.7 Å². The van der Waals surface area contributed by atoms with Crippen LogP contribution in [0.3, 0.4) is 0 Å². The monoisotopic (exact) mass is 295 g/mol.